The summed E-state index contributed by atoms with van der Waals surface area (Å²) in [6.07, 6.45) is 0.413. The molecule has 1 fully saturated rings. The first kappa shape index (κ1) is 21.8. The molecule has 0 saturated carbocycles. The van der Waals surface area contributed by atoms with Crippen LogP contribution < -0.4 is 10.1 Å². The summed E-state index contributed by atoms with van der Waals surface area (Å²) in [6.45, 7) is 4.57. The summed E-state index contributed by atoms with van der Waals surface area (Å²) in [5.41, 5.74) is 0.665. The molecule has 1 saturated heterocycles. The molecule has 2 aromatic carbocycles. The van der Waals surface area contributed by atoms with Crippen LogP contribution in [-0.2, 0) is 9.59 Å². The van der Waals surface area contributed by atoms with Crippen LogP contribution >= 0.6 is 0 Å². The van der Waals surface area contributed by atoms with Gasteiger partial charge in [0, 0.05) is 53.2 Å². The highest BCUT2D eigenvalue weighted by molar-refractivity contribution is 5.92. The van der Waals surface area contributed by atoms with E-state index < -0.39 is 0 Å². The van der Waals surface area contributed by atoms with Gasteiger partial charge in [-0.15, -0.1) is 0 Å². The summed E-state index contributed by atoms with van der Waals surface area (Å²) >= 11 is 0. The number of carbonyl (C=O) groups is 2. The van der Waals surface area contributed by atoms with E-state index in [1.165, 1.54) is 0 Å². The van der Waals surface area contributed by atoms with Gasteiger partial charge >= 0.3 is 0 Å². The largest absolute Gasteiger partial charge is 0.455 e. The van der Waals surface area contributed by atoms with Crippen molar-refractivity contribution in [1.29, 1.82) is 0 Å². The second kappa shape index (κ2) is 10.8. The minimum atomic E-state index is -0.0377. The van der Waals surface area contributed by atoms with E-state index in [0.717, 1.165) is 31.9 Å². The van der Waals surface area contributed by atoms with Gasteiger partial charge in [0.05, 0.1) is 12.2 Å². The third kappa shape index (κ3) is 6.57. The lowest BCUT2D eigenvalue weighted by Crippen LogP contribution is -2.49. The number of hydrogen-bond acceptors (Lipinski definition) is 5. The number of likely N-dealkylation sites (N-methyl/N-ethyl adjacent to an activating group) is 1. The quantitative estimate of drug-likeness (QED) is 0.725. The van der Waals surface area contributed by atoms with Crippen molar-refractivity contribution in [3.05, 3.63) is 54.6 Å². The average molecular weight is 411 g/mol. The molecule has 0 aromatic heterocycles. The van der Waals surface area contributed by atoms with Crippen molar-refractivity contribution in [2.45, 2.75) is 6.42 Å². The van der Waals surface area contributed by atoms with Crippen LogP contribution in [0.5, 0.6) is 11.5 Å². The third-order valence-electron chi connectivity index (χ3n) is 5.11. The fourth-order valence-corrected chi connectivity index (χ4v) is 3.25. The molecule has 0 radical (unpaired) electrons. The van der Waals surface area contributed by atoms with Crippen LogP contribution in [0, 0.1) is 0 Å². The van der Waals surface area contributed by atoms with Gasteiger partial charge in [-0.05, 0) is 24.3 Å². The van der Waals surface area contributed by atoms with E-state index in [9.17, 15) is 9.59 Å². The second-order valence-corrected chi connectivity index (χ2v) is 7.62. The summed E-state index contributed by atoms with van der Waals surface area (Å²) < 4.78 is 5.90. The topological polar surface area (TPSA) is 65.1 Å². The molecule has 30 heavy (non-hydrogen) atoms. The molecule has 1 N–H and O–H groups in total. The van der Waals surface area contributed by atoms with Crippen LogP contribution in [0.15, 0.2) is 54.6 Å². The van der Waals surface area contributed by atoms with Crippen molar-refractivity contribution in [3.63, 3.8) is 0 Å². The molecule has 0 atom stereocenters. The van der Waals surface area contributed by atoms with E-state index in [1.54, 1.807) is 19.0 Å². The van der Waals surface area contributed by atoms with Gasteiger partial charge in [0.25, 0.3) is 0 Å². The van der Waals surface area contributed by atoms with Crippen LogP contribution in [0.1, 0.15) is 6.42 Å². The van der Waals surface area contributed by atoms with Gasteiger partial charge in [-0.3, -0.25) is 14.5 Å². The number of anilines is 1. The fourth-order valence-electron chi connectivity index (χ4n) is 3.25. The Morgan fingerprint density at radius 3 is 2.27 bits per heavy atom. The van der Waals surface area contributed by atoms with Crippen LogP contribution in [0.25, 0.3) is 0 Å². The fraction of sp³-hybridized carbons (Fsp3) is 0.391. The van der Waals surface area contributed by atoms with Crippen LogP contribution in [-0.4, -0.2) is 79.9 Å². The number of ether oxygens (including phenoxy) is 1. The summed E-state index contributed by atoms with van der Waals surface area (Å²) in [5.74, 6) is 1.43. The van der Waals surface area contributed by atoms with Gasteiger partial charge in [0.2, 0.25) is 11.8 Å². The van der Waals surface area contributed by atoms with Gasteiger partial charge in [0.15, 0.2) is 5.75 Å². The molecular weight excluding hydrogens is 380 g/mol. The monoisotopic (exact) mass is 410 g/mol. The summed E-state index contributed by atoms with van der Waals surface area (Å²) in [4.78, 5) is 30.4. The molecule has 1 aliphatic rings. The van der Waals surface area contributed by atoms with Crippen molar-refractivity contribution in [1.82, 2.24) is 14.7 Å². The first-order valence-electron chi connectivity index (χ1n) is 10.3. The normalized spacial score (nSPS) is 14.9. The first-order chi connectivity index (χ1) is 14.5. The van der Waals surface area contributed by atoms with Crippen molar-refractivity contribution in [3.8, 4) is 11.5 Å². The SMILES string of the molecule is CN(C)C(=O)CN1CCN(CCC(=O)Nc2ccccc2Oc2ccccc2)CC1. The predicted molar refractivity (Wildman–Crippen MR) is 118 cm³/mol. The number of nitrogens with one attached hydrogen (secondary N) is 1. The van der Waals surface area contributed by atoms with Crippen molar-refractivity contribution in [2.75, 3.05) is 58.7 Å². The van der Waals surface area contributed by atoms with E-state index in [-0.39, 0.29) is 11.8 Å². The van der Waals surface area contributed by atoms with Crippen LogP contribution in [0.3, 0.4) is 0 Å². The number of hydrogen-bond donors (Lipinski definition) is 1. The zero-order valence-electron chi connectivity index (χ0n) is 17.7. The second-order valence-electron chi connectivity index (χ2n) is 7.62. The van der Waals surface area contributed by atoms with Crippen molar-refractivity contribution in [2.24, 2.45) is 0 Å². The maximum Gasteiger partial charge on any atom is 0.236 e. The molecule has 0 aliphatic carbocycles. The number of benzene rings is 2. The molecule has 0 bridgehead atoms. The Morgan fingerprint density at radius 1 is 0.933 bits per heavy atom. The molecule has 3 rings (SSSR count). The number of piperazine rings is 1. The molecule has 2 aromatic rings. The van der Waals surface area contributed by atoms with Crippen LogP contribution in [0.4, 0.5) is 5.69 Å². The maximum atomic E-state index is 12.5. The van der Waals surface area contributed by atoms with Gasteiger partial charge < -0.3 is 19.9 Å². The summed E-state index contributed by atoms with van der Waals surface area (Å²) in [7, 11) is 3.56. The molecule has 1 aliphatic heterocycles. The van der Waals surface area contributed by atoms with E-state index in [0.29, 0.717) is 30.9 Å². The maximum absolute atomic E-state index is 12.5. The molecule has 7 heteroatoms. The van der Waals surface area contributed by atoms with Gasteiger partial charge in [-0.25, -0.2) is 0 Å². The average Bonchev–Trinajstić information content (AvgIpc) is 2.75. The Kier molecular flexibility index (Phi) is 7.82. The van der Waals surface area contributed by atoms with Crippen molar-refractivity contribution >= 4 is 17.5 Å². The standard InChI is InChI=1S/C23H30N4O3/c1-25(2)23(29)18-27-16-14-26(15-17-27)13-12-22(28)24-20-10-6-7-11-21(20)30-19-8-4-3-5-9-19/h3-11H,12-18H2,1-2H3,(H,24,28). The smallest absolute Gasteiger partial charge is 0.236 e. The lowest BCUT2D eigenvalue weighted by Gasteiger charge is -2.34. The summed E-state index contributed by atoms with van der Waals surface area (Å²) in [5, 5.41) is 2.97. The molecule has 1 heterocycles. The Morgan fingerprint density at radius 2 is 1.57 bits per heavy atom. The first-order valence-corrected chi connectivity index (χ1v) is 10.3. The highest BCUT2D eigenvalue weighted by Crippen LogP contribution is 2.29. The lowest BCUT2D eigenvalue weighted by molar-refractivity contribution is -0.130. The third-order valence-corrected chi connectivity index (χ3v) is 5.11. The number of carbonyl (C=O) groups excluding carboxylic acids is 2. The predicted octanol–water partition coefficient (Wildman–Crippen LogP) is 2.51. The number of amides is 2. The Balaban J connectivity index is 1.44. The van der Waals surface area contributed by atoms with Gasteiger partial charge in [0.1, 0.15) is 5.75 Å². The Hall–Kier alpha value is -2.90. The zero-order valence-corrected chi connectivity index (χ0v) is 17.7. The highest BCUT2D eigenvalue weighted by atomic mass is 16.5. The van der Waals surface area contributed by atoms with Gasteiger partial charge in [-0.1, -0.05) is 30.3 Å². The number of rotatable bonds is 8. The molecule has 2 amide bonds. The molecule has 0 spiro atoms. The van der Waals surface area contributed by atoms with Gasteiger partial charge in [-0.2, -0.15) is 0 Å². The van der Waals surface area contributed by atoms with E-state index in [1.807, 2.05) is 54.6 Å². The van der Waals surface area contributed by atoms with Crippen LogP contribution in [0.2, 0.25) is 0 Å². The number of para-hydroxylation sites is 3. The van der Waals surface area contributed by atoms with E-state index in [2.05, 4.69) is 15.1 Å². The molecule has 160 valence electrons. The van der Waals surface area contributed by atoms with Crippen molar-refractivity contribution < 1.29 is 14.3 Å². The molecule has 7 nitrogen and oxygen atoms in total. The molecular formula is C23H30N4O3. The van der Waals surface area contributed by atoms with E-state index >= 15 is 0 Å². The van der Waals surface area contributed by atoms with E-state index in [4.69, 9.17) is 4.74 Å². The lowest BCUT2D eigenvalue weighted by atomic mass is 10.2. The summed E-state index contributed by atoms with van der Waals surface area (Å²) in [6, 6.07) is 17.0. The minimum Gasteiger partial charge on any atom is -0.455 e. The minimum absolute atomic E-state index is 0.0377. The zero-order chi connectivity index (χ0) is 21.3. The highest BCUT2D eigenvalue weighted by Gasteiger charge is 2.20. The Bertz CT molecular complexity index is 833. The molecule has 0 unspecified atom stereocenters. The number of nitrogens with zero attached hydrogens (tertiary/aromatic N) is 3. The Labute approximate surface area is 178 Å².